The molecule has 2 heterocycles. The van der Waals surface area contributed by atoms with E-state index in [9.17, 15) is 0 Å². The summed E-state index contributed by atoms with van der Waals surface area (Å²) in [7, 11) is 0. The zero-order chi connectivity index (χ0) is 11.8. The molecule has 2 aromatic heterocycles. The standard InChI is InChI=1S/C11H8ClN5/c12-7-5-14-17(6-7)10-8-3-1-2-4-9(8)15-11(13)16-10/h1-6H,(H2,13,15,16). The van der Waals surface area contributed by atoms with Gasteiger partial charge in [0.05, 0.1) is 22.9 Å². The van der Waals surface area contributed by atoms with Crippen molar-refractivity contribution in [3.8, 4) is 5.82 Å². The van der Waals surface area contributed by atoms with Crippen LogP contribution in [0.15, 0.2) is 36.7 Å². The number of nitrogen functional groups attached to an aromatic ring is 1. The molecule has 0 aliphatic heterocycles. The maximum absolute atomic E-state index is 5.84. The zero-order valence-corrected chi connectivity index (χ0v) is 9.46. The molecule has 6 heteroatoms. The summed E-state index contributed by atoms with van der Waals surface area (Å²) in [6.45, 7) is 0. The van der Waals surface area contributed by atoms with Crippen molar-refractivity contribution >= 4 is 28.5 Å². The number of benzene rings is 1. The summed E-state index contributed by atoms with van der Waals surface area (Å²) in [5.74, 6) is 0.838. The molecule has 0 bridgehead atoms. The van der Waals surface area contributed by atoms with Crippen LogP contribution in [-0.2, 0) is 0 Å². The van der Waals surface area contributed by atoms with Crippen LogP contribution in [-0.4, -0.2) is 19.7 Å². The Balaban J connectivity index is 2.35. The maximum Gasteiger partial charge on any atom is 0.222 e. The zero-order valence-electron chi connectivity index (χ0n) is 8.71. The molecule has 17 heavy (non-hydrogen) atoms. The number of rotatable bonds is 1. The lowest BCUT2D eigenvalue weighted by atomic mass is 10.2. The van der Waals surface area contributed by atoms with E-state index >= 15 is 0 Å². The van der Waals surface area contributed by atoms with Crippen LogP contribution < -0.4 is 5.73 Å². The fourth-order valence-corrected chi connectivity index (χ4v) is 1.80. The summed E-state index contributed by atoms with van der Waals surface area (Å²) in [5, 5.41) is 5.54. The first kappa shape index (κ1) is 10.0. The average Bonchev–Trinajstić information content (AvgIpc) is 2.74. The maximum atomic E-state index is 5.84. The first-order valence-electron chi connectivity index (χ1n) is 4.97. The van der Waals surface area contributed by atoms with E-state index in [2.05, 4.69) is 15.1 Å². The minimum absolute atomic E-state index is 0.213. The minimum atomic E-state index is 0.213. The molecule has 3 rings (SSSR count). The molecule has 3 aromatic rings. The molecular weight excluding hydrogens is 238 g/mol. The number of halogens is 1. The summed E-state index contributed by atoms with van der Waals surface area (Å²) in [6, 6.07) is 7.60. The van der Waals surface area contributed by atoms with Gasteiger partial charge in [0.15, 0.2) is 5.82 Å². The molecule has 0 atom stereocenters. The third-order valence-corrected chi connectivity index (χ3v) is 2.56. The smallest absolute Gasteiger partial charge is 0.222 e. The number of hydrogen-bond donors (Lipinski definition) is 1. The molecule has 1 aromatic carbocycles. The lowest BCUT2D eigenvalue weighted by molar-refractivity contribution is 0.853. The summed E-state index contributed by atoms with van der Waals surface area (Å²) in [6.07, 6.45) is 3.23. The lowest BCUT2D eigenvalue weighted by Crippen LogP contribution is -2.04. The van der Waals surface area contributed by atoms with Crippen molar-refractivity contribution in [3.05, 3.63) is 41.7 Å². The summed E-state index contributed by atoms with van der Waals surface area (Å²) in [5.41, 5.74) is 6.45. The van der Waals surface area contributed by atoms with Crippen LogP contribution >= 0.6 is 11.6 Å². The Morgan fingerprint density at radius 1 is 1.18 bits per heavy atom. The van der Waals surface area contributed by atoms with Gasteiger partial charge in [-0.2, -0.15) is 10.1 Å². The molecule has 0 radical (unpaired) electrons. The molecule has 0 fully saturated rings. The van der Waals surface area contributed by atoms with Crippen molar-refractivity contribution in [2.45, 2.75) is 0 Å². The lowest BCUT2D eigenvalue weighted by Gasteiger charge is -2.05. The van der Waals surface area contributed by atoms with Gasteiger partial charge in [-0.05, 0) is 12.1 Å². The third-order valence-electron chi connectivity index (χ3n) is 2.37. The Morgan fingerprint density at radius 3 is 2.76 bits per heavy atom. The van der Waals surface area contributed by atoms with E-state index in [1.807, 2.05) is 24.3 Å². The topological polar surface area (TPSA) is 69.6 Å². The van der Waals surface area contributed by atoms with Gasteiger partial charge in [-0.25, -0.2) is 9.67 Å². The van der Waals surface area contributed by atoms with Crippen LogP contribution in [0.25, 0.3) is 16.7 Å². The number of anilines is 1. The van der Waals surface area contributed by atoms with Crippen molar-refractivity contribution in [2.24, 2.45) is 0 Å². The molecule has 0 unspecified atom stereocenters. The third kappa shape index (κ3) is 1.70. The molecule has 5 nitrogen and oxygen atoms in total. The van der Waals surface area contributed by atoms with E-state index in [1.165, 1.54) is 0 Å². The minimum Gasteiger partial charge on any atom is -0.368 e. The number of hydrogen-bond acceptors (Lipinski definition) is 4. The number of para-hydroxylation sites is 1. The van der Waals surface area contributed by atoms with Crippen LogP contribution in [0.5, 0.6) is 0 Å². The highest BCUT2D eigenvalue weighted by Gasteiger charge is 2.08. The van der Waals surface area contributed by atoms with Crippen molar-refractivity contribution in [3.63, 3.8) is 0 Å². The fourth-order valence-electron chi connectivity index (χ4n) is 1.67. The Kier molecular flexibility index (Phi) is 2.19. The van der Waals surface area contributed by atoms with Gasteiger partial charge in [-0.3, -0.25) is 0 Å². The van der Waals surface area contributed by atoms with Gasteiger partial charge >= 0.3 is 0 Å². The highest BCUT2D eigenvalue weighted by molar-refractivity contribution is 6.30. The summed E-state index contributed by atoms with van der Waals surface area (Å²) < 4.78 is 1.59. The Morgan fingerprint density at radius 2 is 2.00 bits per heavy atom. The van der Waals surface area contributed by atoms with Gasteiger partial charge in [-0.15, -0.1) is 0 Å². The van der Waals surface area contributed by atoms with Crippen LogP contribution in [0.3, 0.4) is 0 Å². The molecule has 0 aliphatic carbocycles. The van der Waals surface area contributed by atoms with Gasteiger partial charge in [0, 0.05) is 5.39 Å². The number of nitrogens with zero attached hydrogens (tertiary/aromatic N) is 4. The number of nitrogens with two attached hydrogens (primary N) is 1. The van der Waals surface area contributed by atoms with Crippen molar-refractivity contribution < 1.29 is 0 Å². The van der Waals surface area contributed by atoms with E-state index < -0.39 is 0 Å². The first-order valence-corrected chi connectivity index (χ1v) is 5.34. The van der Waals surface area contributed by atoms with Crippen LogP contribution in [0, 0.1) is 0 Å². The van der Waals surface area contributed by atoms with E-state index in [0.29, 0.717) is 10.8 Å². The van der Waals surface area contributed by atoms with Crippen LogP contribution in [0.1, 0.15) is 0 Å². The first-order chi connectivity index (χ1) is 8.24. The second kappa shape index (κ2) is 3.71. The molecule has 84 valence electrons. The number of fused-ring (bicyclic) bond motifs is 1. The van der Waals surface area contributed by atoms with Gasteiger partial charge < -0.3 is 5.73 Å². The molecule has 0 saturated carbocycles. The normalized spacial score (nSPS) is 10.9. The predicted molar refractivity (Wildman–Crippen MR) is 66.1 cm³/mol. The van der Waals surface area contributed by atoms with E-state index in [-0.39, 0.29) is 5.95 Å². The monoisotopic (exact) mass is 245 g/mol. The van der Waals surface area contributed by atoms with Gasteiger partial charge in [0.2, 0.25) is 5.95 Å². The second-order valence-corrected chi connectivity index (χ2v) is 3.96. The molecule has 0 spiro atoms. The highest BCUT2D eigenvalue weighted by Crippen LogP contribution is 2.20. The van der Waals surface area contributed by atoms with Crippen LogP contribution in [0.4, 0.5) is 5.95 Å². The second-order valence-electron chi connectivity index (χ2n) is 3.53. The molecule has 0 aliphatic rings. The van der Waals surface area contributed by atoms with Gasteiger partial charge in [0.1, 0.15) is 0 Å². The Bertz CT molecular complexity index is 691. The van der Waals surface area contributed by atoms with Crippen molar-refractivity contribution in [1.29, 1.82) is 0 Å². The van der Waals surface area contributed by atoms with Crippen molar-refractivity contribution in [1.82, 2.24) is 19.7 Å². The molecular formula is C11H8ClN5. The van der Waals surface area contributed by atoms with Crippen LogP contribution in [0.2, 0.25) is 5.02 Å². The molecule has 2 N–H and O–H groups in total. The summed E-state index contributed by atoms with van der Waals surface area (Å²) in [4.78, 5) is 8.35. The average molecular weight is 246 g/mol. The Hall–Kier alpha value is -2.14. The molecule has 0 saturated heterocycles. The Labute approximate surface area is 102 Å². The predicted octanol–water partition coefficient (Wildman–Crippen LogP) is 2.05. The number of aromatic nitrogens is 4. The van der Waals surface area contributed by atoms with E-state index in [1.54, 1.807) is 17.1 Å². The largest absolute Gasteiger partial charge is 0.368 e. The summed E-state index contributed by atoms with van der Waals surface area (Å²) >= 11 is 5.84. The fraction of sp³-hybridized carbons (Fsp3) is 0. The van der Waals surface area contributed by atoms with Gasteiger partial charge in [0.25, 0.3) is 0 Å². The van der Waals surface area contributed by atoms with Crippen molar-refractivity contribution in [2.75, 3.05) is 5.73 Å². The molecule has 0 amide bonds. The SMILES string of the molecule is Nc1nc(-n2cc(Cl)cn2)c2ccccc2n1. The van der Waals surface area contributed by atoms with Gasteiger partial charge in [-0.1, -0.05) is 23.7 Å². The quantitative estimate of drug-likeness (QED) is 0.712. The van der Waals surface area contributed by atoms with E-state index in [0.717, 1.165) is 10.9 Å². The highest BCUT2D eigenvalue weighted by atomic mass is 35.5. The van der Waals surface area contributed by atoms with E-state index in [4.69, 9.17) is 17.3 Å².